The van der Waals surface area contributed by atoms with Crippen LogP contribution in [-0.2, 0) is 19.1 Å². The van der Waals surface area contributed by atoms with Gasteiger partial charge in [-0.2, -0.15) is 0 Å². The largest absolute Gasteiger partial charge is 0.423 e. The molecule has 0 amide bonds. The van der Waals surface area contributed by atoms with E-state index in [0.29, 0.717) is 25.9 Å². The van der Waals surface area contributed by atoms with Crippen molar-refractivity contribution in [2.45, 2.75) is 71.0 Å². The van der Waals surface area contributed by atoms with E-state index in [-0.39, 0.29) is 11.9 Å². The molecule has 4 N–H and O–H groups in total. The summed E-state index contributed by atoms with van der Waals surface area (Å²) in [5.74, 6) is -1.92. The Morgan fingerprint density at radius 3 is 1.48 bits per heavy atom. The SMILES string of the molecule is CC(C)(OC(=O)CCCCCN)OC(=O)CCCCCN. The highest BCUT2D eigenvalue weighted by Gasteiger charge is 2.26. The molecule has 0 radical (unpaired) electrons. The molecule has 21 heavy (non-hydrogen) atoms. The number of hydrogen-bond acceptors (Lipinski definition) is 6. The van der Waals surface area contributed by atoms with E-state index in [4.69, 9.17) is 20.9 Å². The lowest BCUT2D eigenvalue weighted by molar-refractivity contribution is -0.216. The monoisotopic (exact) mass is 302 g/mol. The van der Waals surface area contributed by atoms with E-state index in [1.54, 1.807) is 13.8 Å². The van der Waals surface area contributed by atoms with Crippen molar-refractivity contribution in [3.8, 4) is 0 Å². The molecule has 6 heteroatoms. The predicted molar refractivity (Wildman–Crippen MR) is 81.3 cm³/mol. The fourth-order valence-electron chi connectivity index (χ4n) is 1.85. The summed E-state index contributed by atoms with van der Waals surface area (Å²) >= 11 is 0. The van der Waals surface area contributed by atoms with E-state index in [1.165, 1.54) is 0 Å². The van der Waals surface area contributed by atoms with Crippen molar-refractivity contribution in [1.82, 2.24) is 0 Å². The molecule has 6 nitrogen and oxygen atoms in total. The van der Waals surface area contributed by atoms with Crippen LogP contribution < -0.4 is 11.5 Å². The first kappa shape index (κ1) is 19.9. The maximum Gasteiger partial charge on any atom is 0.309 e. The van der Waals surface area contributed by atoms with E-state index >= 15 is 0 Å². The van der Waals surface area contributed by atoms with Crippen molar-refractivity contribution in [3.63, 3.8) is 0 Å². The molecule has 0 unspecified atom stereocenters. The van der Waals surface area contributed by atoms with Gasteiger partial charge in [-0.1, -0.05) is 12.8 Å². The molecule has 0 bridgehead atoms. The van der Waals surface area contributed by atoms with Crippen molar-refractivity contribution in [1.29, 1.82) is 0 Å². The van der Waals surface area contributed by atoms with Gasteiger partial charge in [0.2, 0.25) is 0 Å². The molecule has 0 aliphatic rings. The second-order valence-electron chi connectivity index (χ2n) is 5.55. The first-order valence-electron chi connectivity index (χ1n) is 7.75. The smallest absolute Gasteiger partial charge is 0.309 e. The molecule has 0 atom stereocenters. The third kappa shape index (κ3) is 12.3. The zero-order valence-electron chi connectivity index (χ0n) is 13.4. The van der Waals surface area contributed by atoms with E-state index in [9.17, 15) is 9.59 Å². The van der Waals surface area contributed by atoms with Crippen LogP contribution in [0.4, 0.5) is 0 Å². The van der Waals surface area contributed by atoms with Gasteiger partial charge in [-0.15, -0.1) is 0 Å². The van der Waals surface area contributed by atoms with Crippen LogP contribution in [-0.4, -0.2) is 30.8 Å². The summed E-state index contributed by atoms with van der Waals surface area (Å²) in [5.41, 5.74) is 10.8. The molecule has 0 aromatic heterocycles. The van der Waals surface area contributed by atoms with Gasteiger partial charge in [0.1, 0.15) is 0 Å². The molecular weight excluding hydrogens is 272 g/mol. The number of unbranched alkanes of at least 4 members (excludes halogenated alkanes) is 4. The summed E-state index contributed by atoms with van der Waals surface area (Å²) in [5, 5.41) is 0. The Morgan fingerprint density at radius 1 is 0.762 bits per heavy atom. The number of ether oxygens (including phenoxy) is 2. The zero-order chi connectivity index (χ0) is 16.1. The summed E-state index contributed by atoms with van der Waals surface area (Å²) in [7, 11) is 0. The number of esters is 2. The summed E-state index contributed by atoms with van der Waals surface area (Å²) in [6.07, 6.45) is 5.69. The van der Waals surface area contributed by atoms with Gasteiger partial charge >= 0.3 is 11.9 Å². The van der Waals surface area contributed by atoms with Crippen LogP contribution in [0.25, 0.3) is 0 Å². The highest BCUT2D eigenvalue weighted by molar-refractivity contribution is 5.71. The Hall–Kier alpha value is -1.14. The molecule has 0 aliphatic carbocycles. The third-order valence-corrected chi connectivity index (χ3v) is 2.89. The normalized spacial score (nSPS) is 11.2. The Labute approximate surface area is 127 Å². The summed E-state index contributed by atoms with van der Waals surface area (Å²) in [6, 6.07) is 0. The second-order valence-corrected chi connectivity index (χ2v) is 5.55. The molecule has 0 fully saturated rings. The Balaban J connectivity index is 3.89. The quantitative estimate of drug-likeness (QED) is 0.324. The van der Waals surface area contributed by atoms with Crippen molar-refractivity contribution in [2.75, 3.05) is 13.1 Å². The highest BCUT2D eigenvalue weighted by Crippen LogP contribution is 2.15. The molecule has 0 saturated carbocycles. The van der Waals surface area contributed by atoms with Crippen LogP contribution >= 0.6 is 0 Å². The molecular formula is C15H30N2O4. The zero-order valence-corrected chi connectivity index (χ0v) is 13.4. The fourth-order valence-corrected chi connectivity index (χ4v) is 1.85. The second kappa shape index (κ2) is 11.5. The van der Waals surface area contributed by atoms with Gasteiger partial charge in [-0.3, -0.25) is 9.59 Å². The lowest BCUT2D eigenvalue weighted by Gasteiger charge is -2.25. The lowest BCUT2D eigenvalue weighted by atomic mass is 10.2. The minimum atomic E-state index is -1.21. The standard InChI is InChI=1S/C15H30N2O4/c1-15(2,20-13(18)9-5-3-7-11-16)21-14(19)10-6-4-8-12-17/h3-12,16-17H2,1-2H3. The van der Waals surface area contributed by atoms with E-state index in [2.05, 4.69) is 0 Å². The minimum absolute atomic E-state index is 0.317. The number of carbonyl (C=O) groups excluding carboxylic acids is 2. The first-order valence-corrected chi connectivity index (χ1v) is 7.75. The van der Waals surface area contributed by atoms with Gasteiger partial charge in [0, 0.05) is 26.7 Å². The topological polar surface area (TPSA) is 105 Å². The van der Waals surface area contributed by atoms with E-state index in [0.717, 1.165) is 38.5 Å². The summed E-state index contributed by atoms with van der Waals surface area (Å²) in [4.78, 5) is 23.3. The predicted octanol–water partition coefficient (Wildman–Crippen LogP) is 1.85. The average molecular weight is 302 g/mol. The number of carbonyl (C=O) groups is 2. The molecule has 0 saturated heterocycles. The lowest BCUT2D eigenvalue weighted by Crippen LogP contribution is -2.33. The van der Waals surface area contributed by atoms with Crippen molar-refractivity contribution in [2.24, 2.45) is 11.5 Å². The minimum Gasteiger partial charge on any atom is -0.423 e. The maximum absolute atomic E-state index is 11.6. The van der Waals surface area contributed by atoms with E-state index in [1.807, 2.05) is 0 Å². The molecule has 0 aromatic carbocycles. The molecule has 0 heterocycles. The van der Waals surface area contributed by atoms with Crippen molar-refractivity contribution in [3.05, 3.63) is 0 Å². The van der Waals surface area contributed by atoms with Crippen LogP contribution in [0.5, 0.6) is 0 Å². The van der Waals surface area contributed by atoms with Gasteiger partial charge in [0.25, 0.3) is 5.79 Å². The van der Waals surface area contributed by atoms with Gasteiger partial charge in [-0.25, -0.2) is 0 Å². The molecule has 0 rings (SSSR count). The van der Waals surface area contributed by atoms with Crippen LogP contribution in [0, 0.1) is 0 Å². The van der Waals surface area contributed by atoms with Gasteiger partial charge < -0.3 is 20.9 Å². The third-order valence-electron chi connectivity index (χ3n) is 2.89. The molecule has 0 spiro atoms. The van der Waals surface area contributed by atoms with Crippen LogP contribution in [0.1, 0.15) is 65.2 Å². The van der Waals surface area contributed by atoms with Gasteiger partial charge in [0.05, 0.1) is 0 Å². The van der Waals surface area contributed by atoms with Crippen molar-refractivity contribution >= 4 is 11.9 Å². The molecule has 0 aromatic rings. The highest BCUT2D eigenvalue weighted by atomic mass is 16.7. The van der Waals surface area contributed by atoms with Crippen LogP contribution in [0.2, 0.25) is 0 Å². The first-order chi connectivity index (χ1) is 9.91. The van der Waals surface area contributed by atoms with E-state index < -0.39 is 5.79 Å². The maximum atomic E-state index is 11.6. The fraction of sp³-hybridized carbons (Fsp3) is 0.867. The van der Waals surface area contributed by atoms with Crippen LogP contribution in [0.15, 0.2) is 0 Å². The van der Waals surface area contributed by atoms with Crippen LogP contribution in [0.3, 0.4) is 0 Å². The molecule has 124 valence electrons. The number of hydrogen-bond donors (Lipinski definition) is 2. The number of nitrogens with two attached hydrogens (primary N) is 2. The Bertz CT molecular complexity index is 278. The Morgan fingerprint density at radius 2 is 1.14 bits per heavy atom. The van der Waals surface area contributed by atoms with Gasteiger partial charge in [-0.05, 0) is 38.8 Å². The van der Waals surface area contributed by atoms with Gasteiger partial charge in [0.15, 0.2) is 0 Å². The van der Waals surface area contributed by atoms with Crippen molar-refractivity contribution < 1.29 is 19.1 Å². The summed E-state index contributed by atoms with van der Waals surface area (Å²) in [6.45, 7) is 4.40. The summed E-state index contributed by atoms with van der Waals surface area (Å²) < 4.78 is 10.4. The average Bonchev–Trinajstić information content (AvgIpc) is 2.38. The molecule has 0 aliphatic heterocycles. The number of rotatable bonds is 12. The Kier molecular flexibility index (Phi) is 10.9.